The highest BCUT2D eigenvalue weighted by atomic mass is 32.1. The van der Waals surface area contributed by atoms with Crippen molar-refractivity contribution in [3.63, 3.8) is 0 Å². The molecule has 1 amide bonds. The minimum atomic E-state index is -0.0642. The van der Waals surface area contributed by atoms with Gasteiger partial charge >= 0.3 is 0 Å². The van der Waals surface area contributed by atoms with E-state index < -0.39 is 0 Å². The van der Waals surface area contributed by atoms with E-state index in [4.69, 9.17) is 9.47 Å². The van der Waals surface area contributed by atoms with E-state index in [1.807, 2.05) is 24.3 Å². The Morgan fingerprint density at radius 3 is 2.92 bits per heavy atom. The SMILES string of the molecule is CN.O=C(NCC1CCCCO1)c1ccc2nc[nH]c2c1.O=C/C(=C/S)N=CC1=CC=C2CC(=C1)CCO2. The number of nitrogens with one attached hydrogen (secondary N) is 2. The van der Waals surface area contributed by atoms with Crippen LogP contribution in [-0.2, 0) is 14.3 Å². The second-order valence-electron chi connectivity index (χ2n) is 8.64. The zero-order valence-electron chi connectivity index (χ0n) is 21.6. The Bertz CT molecular complexity index is 1240. The molecule has 9 nitrogen and oxygen atoms in total. The van der Waals surface area contributed by atoms with Gasteiger partial charge in [-0.1, -0.05) is 17.7 Å². The van der Waals surface area contributed by atoms with Gasteiger partial charge in [0.25, 0.3) is 5.91 Å². The summed E-state index contributed by atoms with van der Waals surface area (Å²) >= 11 is 3.90. The third-order valence-corrected chi connectivity index (χ3v) is 6.27. The predicted octanol–water partition coefficient (Wildman–Crippen LogP) is 4.02. The van der Waals surface area contributed by atoms with Crippen molar-refractivity contribution in [1.82, 2.24) is 15.3 Å². The van der Waals surface area contributed by atoms with Crippen molar-refractivity contribution in [3.8, 4) is 0 Å². The number of fused-ring (bicyclic) bond motifs is 3. The molecule has 1 atom stereocenters. The van der Waals surface area contributed by atoms with Crippen molar-refractivity contribution in [3.05, 3.63) is 76.3 Å². The number of carbonyl (C=O) groups excluding carboxylic acids is 2. The first-order valence-electron chi connectivity index (χ1n) is 12.6. The molecule has 5 rings (SSSR count). The number of ether oxygens (including phenoxy) is 2. The summed E-state index contributed by atoms with van der Waals surface area (Å²) < 4.78 is 11.1. The molecule has 3 heterocycles. The van der Waals surface area contributed by atoms with Gasteiger partial charge < -0.3 is 25.5 Å². The van der Waals surface area contributed by atoms with E-state index in [1.54, 1.807) is 18.6 Å². The molecule has 2 aromatic rings. The van der Waals surface area contributed by atoms with Gasteiger partial charge in [-0.3, -0.25) is 14.6 Å². The number of carbonyl (C=O) groups is 2. The largest absolute Gasteiger partial charge is 0.497 e. The van der Waals surface area contributed by atoms with Gasteiger partial charge in [-0.2, -0.15) is 0 Å². The van der Waals surface area contributed by atoms with Gasteiger partial charge in [0.15, 0.2) is 6.29 Å². The molecule has 0 saturated carbocycles. The summed E-state index contributed by atoms with van der Waals surface area (Å²) in [5.41, 5.74) is 9.50. The Hall–Kier alpha value is -3.47. The monoisotopic (exact) mass is 537 g/mol. The lowest BCUT2D eigenvalue weighted by atomic mass is 10.1. The standard InChI is InChI=1S/C14H17N3O2.C13H13NO2S.CH5N/c18-14(15-8-11-3-1-2-6-19-11)10-4-5-12-13(7-10)17-9-16-12;15-8-12(9-17)14-7-11-1-2-13-6-10(5-11)3-4-16-13;1-2/h4-5,7,9,11H,1-3,6,8H2,(H,15,18)(H,16,17);1-2,5,7-9,17H,3-4,6H2;2H2,1H3/b;12-9-,14-7?;. The number of aromatic nitrogens is 2. The first kappa shape index (κ1) is 29.1. The van der Waals surface area contributed by atoms with Crippen molar-refractivity contribution in [1.29, 1.82) is 0 Å². The topological polar surface area (TPSA) is 132 Å². The highest BCUT2D eigenvalue weighted by Crippen LogP contribution is 2.26. The van der Waals surface area contributed by atoms with E-state index in [-0.39, 0.29) is 12.0 Å². The molecule has 3 aliphatic rings. The van der Waals surface area contributed by atoms with E-state index in [1.165, 1.54) is 24.4 Å². The molecule has 38 heavy (non-hydrogen) atoms. The van der Waals surface area contributed by atoms with Crippen LogP contribution in [-0.4, -0.2) is 61.3 Å². The predicted molar refractivity (Wildman–Crippen MR) is 153 cm³/mol. The summed E-state index contributed by atoms with van der Waals surface area (Å²) in [4.78, 5) is 33.8. The number of H-pyrrole nitrogens is 1. The third-order valence-electron chi connectivity index (χ3n) is 6.01. The van der Waals surface area contributed by atoms with Crippen molar-refractivity contribution < 1.29 is 19.1 Å². The van der Waals surface area contributed by atoms with Crippen molar-refractivity contribution >= 4 is 42.1 Å². The lowest BCUT2D eigenvalue weighted by molar-refractivity contribution is -0.104. The molecule has 1 aromatic heterocycles. The summed E-state index contributed by atoms with van der Waals surface area (Å²) in [6, 6.07) is 5.46. The first-order chi connectivity index (χ1) is 18.6. The van der Waals surface area contributed by atoms with Gasteiger partial charge in [0.2, 0.25) is 0 Å². The van der Waals surface area contributed by atoms with Crippen LogP contribution in [0.3, 0.4) is 0 Å². The van der Waals surface area contributed by atoms with Crippen LogP contribution in [0.4, 0.5) is 0 Å². The zero-order valence-corrected chi connectivity index (χ0v) is 22.5. The average molecular weight is 538 g/mol. The van der Waals surface area contributed by atoms with Crippen LogP contribution in [0.15, 0.2) is 75.8 Å². The number of nitrogens with zero attached hydrogens (tertiary/aromatic N) is 2. The summed E-state index contributed by atoms with van der Waals surface area (Å²) in [7, 11) is 1.50. The number of imidazole rings is 1. The third kappa shape index (κ3) is 8.83. The molecule has 1 unspecified atom stereocenters. The van der Waals surface area contributed by atoms with Gasteiger partial charge in [0.05, 0.1) is 30.1 Å². The van der Waals surface area contributed by atoms with E-state index in [9.17, 15) is 9.59 Å². The van der Waals surface area contributed by atoms with Gasteiger partial charge in [0.1, 0.15) is 11.5 Å². The summed E-state index contributed by atoms with van der Waals surface area (Å²) in [5.74, 6) is 0.928. The number of thiol groups is 1. The Labute approximate surface area is 228 Å². The maximum atomic E-state index is 12.1. The highest BCUT2D eigenvalue weighted by Gasteiger charge is 2.16. The average Bonchev–Trinajstić information content (AvgIpc) is 3.40. The van der Waals surface area contributed by atoms with E-state index >= 15 is 0 Å². The number of allylic oxidation sites excluding steroid dienone is 6. The second kappa shape index (κ2) is 15.7. The molecule has 10 heteroatoms. The Kier molecular flexibility index (Phi) is 12.0. The number of nitrogens with two attached hydrogens (primary N) is 1. The molecule has 2 saturated heterocycles. The number of aldehydes is 1. The molecule has 4 N–H and O–H groups in total. The molecule has 2 aliphatic heterocycles. The van der Waals surface area contributed by atoms with Crippen molar-refractivity contribution in [2.75, 3.05) is 26.8 Å². The van der Waals surface area contributed by atoms with E-state index in [0.29, 0.717) is 24.1 Å². The number of hydrogen-bond donors (Lipinski definition) is 4. The van der Waals surface area contributed by atoms with Gasteiger partial charge in [0, 0.05) is 37.8 Å². The van der Waals surface area contributed by atoms with Crippen LogP contribution in [0.25, 0.3) is 11.0 Å². The fourth-order valence-corrected chi connectivity index (χ4v) is 4.18. The smallest absolute Gasteiger partial charge is 0.251 e. The first-order valence-corrected chi connectivity index (χ1v) is 13.1. The molecular formula is C28H35N5O4S. The minimum Gasteiger partial charge on any atom is -0.497 e. The lowest BCUT2D eigenvalue weighted by Crippen LogP contribution is -2.35. The van der Waals surface area contributed by atoms with E-state index in [0.717, 1.165) is 61.3 Å². The molecule has 2 bridgehead atoms. The lowest BCUT2D eigenvalue weighted by Gasteiger charge is -2.22. The van der Waals surface area contributed by atoms with Crippen LogP contribution in [0.1, 0.15) is 42.5 Å². The molecule has 1 aliphatic carbocycles. The van der Waals surface area contributed by atoms with Crippen LogP contribution in [0.2, 0.25) is 0 Å². The van der Waals surface area contributed by atoms with Crippen molar-refractivity contribution in [2.45, 2.75) is 38.2 Å². The fraction of sp³-hybridized carbons (Fsp3) is 0.357. The second-order valence-corrected chi connectivity index (χ2v) is 8.90. The Morgan fingerprint density at radius 1 is 1.29 bits per heavy atom. The molecule has 0 radical (unpaired) electrons. The van der Waals surface area contributed by atoms with E-state index in [2.05, 4.69) is 44.7 Å². The molecule has 2 fully saturated rings. The number of aromatic amines is 1. The summed E-state index contributed by atoms with van der Waals surface area (Å²) in [5, 5.41) is 4.31. The number of rotatable bonds is 6. The molecule has 1 aromatic carbocycles. The highest BCUT2D eigenvalue weighted by molar-refractivity contribution is 7.83. The minimum absolute atomic E-state index is 0.0642. The zero-order chi connectivity index (χ0) is 27.2. The fourth-order valence-electron chi connectivity index (χ4n) is 4.06. The Morgan fingerprint density at radius 2 is 2.16 bits per heavy atom. The number of amides is 1. The number of aliphatic imine (C=N–C) groups is 1. The van der Waals surface area contributed by atoms with Crippen LogP contribution < -0.4 is 11.1 Å². The van der Waals surface area contributed by atoms with Gasteiger partial charge in [-0.25, -0.2) is 4.98 Å². The van der Waals surface area contributed by atoms with Gasteiger partial charge in [-0.15, -0.1) is 12.6 Å². The maximum absolute atomic E-state index is 12.1. The normalized spacial score (nSPS) is 18.9. The maximum Gasteiger partial charge on any atom is 0.251 e. The Balaban J connectivity index is 0.000000199. The van der Waals surface area contributed by atoms with Crippen molar-refractivity contribution in [2.24, 2.45) is 10.7 Å². The molecule has 202 valence electrons. The molecular weight excluding hydrogens is 502 g/mol. The van der Waals surface area contributed by atoms with Crippen LogP contribution in [0, 0.1) is 0 Å². The van der Waals surface area contributed by atoms with Crippen LogP contribution >= 0.6 is 12.6 Å². The number of benzene rings is 1. The summed E-state index contributed by atoms with van der Waals surface area (Å²) in [6.45, 7) is 2.13. The number of hydrogen-bond acceptors (Lipinski definition) is 8. The quantitative estimate of drug-likeness (QED) is 0.190. The molecule has 0 spiro atoms. The summed E-state index contributed by atoms with van der Waals surface area (Å²) in [6.07, 6.45) is 15.3. The van der Waals surface area contributed by atoms with Crippen LogP contribution in [0.5, 0.6) is 0 Å². The van der Waals surface area contributed by atoms with Gasteiger partial charge in [-0.05, 0) is 61.6 Å².